The van der Waals surface area contributed by atoms with Crippen LogP contribution in [0.25, 0.3) is 33.5 Å². The minimum atomic E-state index is -0.323. The van der Waals surface area contributed by atoms with Gasteiger partial charge in [0.15, 0.2) is 17.3 Å². The Morgan fingerprint density at radius 1 is 0.878 bits per heavy atom. The van der Waals surface area contributed by atoms with Crippen LogP contribution in [0.15, 0.2) is 110 Å². The van der Waals surface area contributed by atoms with Gasteiger partial charge < -0.3 is 18.6 Å². The molecule has 0 saturated heterocycles. The van der Waals surface area contributed by atoms with Crippen molar-refractivity contribution in [2.24, 2.45) is 5.10 Å². The molecule has 0 unspecified atom stereocenters. The van der Waals surface area contributed by atoms with E-state index in [9.17, 15) is 4.79 Å². The van der Waals surface area contributed by atoms with Crippen molar-refractivity contribution in [3.63, 3.8) is 0 Å². The van der Waals surface area contributed by atoms with Gasteiger partial charge in [-0.1, -0.05) is 46.3 Å². The lowest BCUT2D eigenvalue weighted by Gasteiger charge is -2.11. The molecule has 9 heteroatoms. The van der Waals surface area contributed by atoms with Crippen molar-refractivity contribution in [2.75, 3.05) is 14.2 Å². The third-order valence-corrected chi connectivity index (χ3v) is 7.06. The molecule has 0 aliphatic rings. The Morgan fingerprint density at radius 3 is 2.49 bits per heavy atom. The topological polar surface area (TPSA) is 88.1 Å². The van der Waals surface area contributed by atoms with Crippen LogP contribution in [0.4, 0.5) is 0 Å². The van der Waals surface area contributed by atoms with Gasteiger partial charge in [-0.05, 0) is 71.8 Å². The molecule has 0 bridgehead atoms. The summed E-state index contributed by atoms with van der Waals surface area (Å²) in [6.45, 7) is 0.390. The molecule has 6 aromatic rings. The second-order valence-corrected chi connectivity index (χ2v) is 10.0. The van der Waals surface area contributed by atoms with E-state index in [1.54, 1.807) is 50.8 Å². The number of aromatic nitrogens is 2. The maximum Gasteiger partial charge on any atom is 0.282 e. The molecule has 0 fully saturated rings. The van der Waals surface area contributed by atoms with Crippen LogP contribution in [0.2, 0.25) is 0 Å². The van der Waals surface area contributed by atoms with Crippen molar-refractivity contribution in [1.82, 2.24) is 9.66 Å². The van der Waals surface area contributed by atoms with E-state index >= 15 is 0 Å². The van der Waals surface area contributed by atoms with Gasteiger partial charge in [-0.3, -0.25) is 4.79 Å². The van der Waals surface area contributed by atoms with Crippen LogP contribution >= 0.6 is 15.9 Å². The van der Waals surface area contributed by atoms with E-state index in [-0.39, 0.29) is 11.4 Å². The molecular weight excluding hydrogens is 586 g/mol. The van der Waals surface area contributed by atoms with Crippen molar-refractivity contribution in [3.05, 3.63) is 117 Å². The highest BCUT2D eigenvalue weighted by Crippen LogP contribution is 2.33. The molecular formula is C32H24BrN3O5. The number of ether oxygens (including phenoxy) is 3. The number of benzene rings is 4. The smallest absolute Gasteiger partial charge is 0.282 e. The maximum atomic E-state index is 13.6. The molecule has 8 nitrogen and oxygen atoms in total. The Labute approximate surface area is 243 Å². The molecule has 0 amide bonds. The number of hydrogen-bond donors (Lipinski definition) is 0. The summed E-state index contributed by atoms with van der Waals surface area (Å²) in [5.74, 6) is 2.45. The summed E-state index contributed by atoms with van der Waals surface area (Å²) in [5, 5.41) is 5.76. The van der Waals surface area contributed by atoms with Crippen molar-refractivity contribution in [2.45, 2.75) is 6.61 Å². The average molecular weight is 610 g/mol. The van der Waals surface area contributed by atoms with E-state index in [1.807, 2.05) is 60.7 Å². The minimum absolute atomic E-state index is 0.268. The molecule has 41 heavy (non-hydrogen) atoms. The summed E-state index contributed by atoms with van der Waals surface area (Å²) in [4.78, 5) is 18.3. The van der Waals surface area contributed by atoms with E-state index in [0.29, 0.717) is 51.7 Å². The molecule has 0 aliphatic carbocycles. The van der Waals surface area contributed by atoms with Crippen LogP contribution in [0, 0.1) is 0 Å². The van der Waals surface area contributed by atoms with Crippen molar-refractivity contribution >= 4 is 44.0 Å². The van der Waals surface area contributed by atoms with Gasteiger partial charge in [0, 0.05) is 4.47 Å². The first-order chi connectivity index (χ1) is 20.0. The number of methoxy groups -OCH3 is 2. The first-order valence-electron chi connectivity index (χ1n) is 12.7. The van der Waals surface area contributed by atoms with Crippen molar-refractivity contribution in [1.29, 1.82) is 0 Å². The van der Waals surface area contributed by atoms with Crippen LogP contribution < -0.4 is 19.8 Å². The highest BCUT2D eigenvalue weighted by Gasteiger charge is 2.18. The van der Waals surface area contributed by atoms with Crippen molar-refractivity contribution < 1.29 is 18.6 Å². The van der Waals surface area contributed by atoms with Crippen molar-refractivity contribution in [3.8, 4) is 28.8 Å². The van der Waals surface area contributed by atoms with Gasteiger partial charge in [-0.2, -0.15) is 9.78 Å². The molecule has 0 saturated carbocycles. The van der Waals surface area contributed by atoms with Crippen LogP contribution in [0.1, 0.15) is 11.1 Å². The third kappa shape index (κ3) is 5.31. The van der Waals surface area contributed by atoms with Gasteiger partial charge in [0.25, 0.3) is 5.56 Å². The Morgan fingerprint density at radius 2 is 1.68 bits per heavy atom. The zero-order chi connectivity index (χ0) is 28.3. The molecule has 2 aromatic heterocycles. The number of halogens is 1. The van der Waals surface area contributed by atoms with Crippen LogP contribution in [-0.2, 0) is 6.61 Å². The molecule has 0 radical (unpaired) electrons. The third-order valence-electron chi connectivity index (χ3n) is 6.53. The molecule has 0 N–H and O–H groups in total. The zero-order valence-electron chi connectivity index (χ0n) is 22.2. The molecule has 0 atom stereocenters. The van der Waals surface area contributed by atoms with Gasteiger partial charge in [-0.15, -0.1) is 0 Å². The lowest BCUT2D eigenvalue weighted by Crippen LogP contribution is -2.20. The van der Waals surface area contributed by atoms with E-state index in [2.05, 4.69) is 21.0 Å². The zero-order valence-corrected chi connectivity index (χ0v) is 23.8. The average Bonchev–Trinajstić information content (AvgIpc) is 3.45. The maximum absolute atomic E-state index is 13.6. The van der Waals surface area contributed by atoms with E-state index in [1.165, 1.54) is 4.68 Å². The molecule has 2 heterocycles. The Bertz CT molecular complexity index is 1960. The minimum Gasteiger partial charge on any atom is -0.496 e. The second kappa shape index (κ2) is 11.3. The number of para-hydroxylation sites is 1. The van der Waals surface area contributed by atoms with Crippen LogP contribution in [0.5, 0.6) is 17.2 Å². The quantitative estimate of drug-likeness (QED) is 0.172. The Hall–Kier alpha value is -4.89. The van der Waals surface area contributed by atoms with Gasteiger partial charge in [0.2, 0.25) is 5.82 Å². The lowest BCUT2D eigenvalue weighted by atomic mass is 10.2. The summed E-state index contributed by atoms with van der Waals surface area (Å²) in [6.07, 6.45) is 1.58. The van der Waals surface area contributed by atoms with Gasteiger partial charge in [0.1, 0.15) is 17.9 Å². The Kier molecular flexibility index (Phi) is 7.26. The fraction of sp³-hybridized carbons (Fsp3) is 0.0938. The van der Waals surface area contributed by atoms with E-state index in [0.717, 1.165) is 15.4 Å². The predicted molar refractivity (Wildman–Crippen MR) is 162 cm³/mol. The largest absolute Gasteiger partial charge is 0.496 e. The highest BCUT2D eigenvalue weighted by atomic mass is 79.9. The summed E-state index contributed by atoms with van der Waals surface area (Å²) in [5.41, 5.74) is 2.56. The van der Waals surface area contributed by atoms with Gasteiger partial charge >= 0.3 is 0 Å². The first kappa shape index (κ1) is 26.3. The molecule has 0 spiro atoms. The SMILES string of the molecule is COc1cc(C=Nn2c(-c3cc4c(OC)cccc4o3)nc3ccccc3c2=O)ccc1OCc1ccc(Br)cc1. The second-order valence-electron chi connectivity index (χ2n) is 9.12. The molecule has 6 rings (SSSR count). The van der Waals surface area contributed by atoms with E-state index < -0.39 is 0 Å². The monoisotopic (exact) mass is 609 g/mol. The lowest BCUT2D eigenvalue weighted by molar-refractivity contribution is 0.284. The summed E-state index contributed by atoms with van der Waals surface area (Å²) < 4.78 is 25.4. The number of furan rings is 1. The predicted octanol–water partition coefficient (Wildman–Crippen LogP) is 7.05. The number of fused-ring (bicyclic) bond motifs is 2. The van der Waals surface area contributed by atoms with E-state index in [4.69, 9.17) is 23.6 Å². The highest BCUT2D eigenvalue weighted by molar-refractivity contribution is 9.10. The molecule has 204 valence electrons. The number of hydrogen-bond acceptors (Lipinski definition) is 7. The van der Waals surface area contributed by atoms with Gasteiger partial charge in [-0.25, -0.2) is 4.98 Å². The Balaban J connectivity index is 1.37. The standard InChI is InChI=1S/C32H24BrN3O5/c1-38-26-8-5-9-27-24(26)17-30(41-27)31-35-25-7-4-3-6-23(25)32(37)36(31)34-18-21-12-15-28(29(16-21)39-2)40-19-20-10-13-22(33)14-11-20/h3-18H,19H2,1-2H3. The number of nitrogens with zero attached hydrogens (tertiary/aromatic N) is 3. The molecule has 0 aliphatic heterocycles. The summed E-state index contributed by atoms with van der Waals surface area (Å²) in [6, 6.07) is 27.8. The fourth-order valence-electron chi connectivity index (χ4n) is 4.46. The summed E-state index contributed by atoms with van der Waals surface area (Å²) >= 11 is 3.44. The fourth-order valence-corrected chi connectivity index (χ4v) is 4.73. The van der Waals surface area contributed by atoms with Crippen LogP contribution in [0.3, 0.4) is 0 Å². The number of rotatable bonds is 8. The summed E-state index contributed by atoms with van der Waals surface area (Å²) in [7, 11) is 3.18. The molecule has 4 aromatic carbocycles. The first-order valence-corrected chi connectivity index (χ1v) is 13.5. The van der Waals surface area contributed by atoms with Crippen LogP contribution in [-0.4, -0.2) is 30.1 Å². The normalized spacial score (nSPS) is 11.4. The van der Waals surface area contributed by atoms with Gasteiger partial charge in [0.05, 0.1) is 36.7 Å².